The molecule has 0 saturated heterocycles. The molecule has 1 atom stereocenters. The van der Waals surface area contributed by atoms with Gasteiger partial charge in [-0.3, -0.25) is 9.59 Å². The van der Waals surface area contributed by atoms with Gasteiger partial charge in [0.25, 0.3) is 5.91 Å². The highest BCUT2D eigenvalue weighted by molar-refractivity contribution is 6.31. The average molecular weight is 444 g/mol. The number of aliphatic hydroxyl groups is 1. The highest BCUT2D eigenvalue weighted by Gasteiger charge is 2.50. The lowest BCUT2D eigenvalue weighted by Crippen LogP contribution is -2.41. The predicted molar refractivity (Wildman–Crippen MR) is 127 cm³/mol. The summed E-state index contributed by atoms with van der Waals surface area (Å²) in [7, 11) is 0. The van der Waals surface area contributed by atoms with Crippen molar-refractivity contribution in [2.75, 3.05) is 4.90 Å². The fourth-order valence-corrected chi connectivity index (χ4v) is 3.99. The summed E-state index contributed by atoms with van der Waals surface area (Å²) in [5.74, 6) is -0.883. The summed E-state index contributed by atoms with van der Waals surface area (Å²) in [6, 6.07) is 24.1. The molecule has 3 aromatic carbocycles. The molecule has 3 aromatic rings. The van der Waals surface area contributed by atoms with Gasteiger partial charge in [0.1, 0.15) is 0 Å². The fourth-order valence-electron chi connectivity index (χ4n) is 3.82. The summed E-state index contributed by atoms with van der Waals surface area (Å²) in [5, 5.41) is 11.8. The molecule has 5 heteroatoms. The Morgan fingerprint density at radius 3 is 2.38 bits per heavy atom. The van der Waals surface area contributed by atoms with Crippen LogP contribution < -0.4 is 4.90 Å². The van der Waals surface area contributed by atoms with Gasteiger partial charge in [0.05, 0.1) is 18.7 Å². The zero-order chi connectivity index (χ0) is 22.6. The molecule has 1 N–H and O–H groups in total. The van der Waals surface area contributed by atoms with Crippen molar-refractivity contribution in [3.8, 4) is 0 Å². The molecule has 0 radical (unpaired) electrons. The van der Waals surface area contributed by atoms with Gasteiger partial charge in [-0.25, -0.2) is 0 Å². The Hall–Kier alpha value is -3.47. The molecule has 0 bridgehead atoms. The van der Waals surface area contributed by atoms with E-state index in [-0.39, 0.29) is 12.2 Å². The number of carbonyl (C=O) groups excluding carboxylic acids is 2. The minimum Gasteiger partial charge on any atom is -0.375 e. The van der Waals surface area contributed by atoms with Crippen LogP contribution in [0.2, 0.25) is 5.02 Å². The lowest BCUT2D eigenvalue weighted by molar-refractivity contribution is -0.140. The quantitative estimate of drug-likeness (QED) is 0.398. The third kappa shape index (κ3) is 4.57. The van der Waals surface area contributed by atoms with Crippen LogP contribution in [0.4, 0.5) is 5.69 Å². The zero-order valence-corrected chi connectivity index (χ0v) is 18.1. The first-order chi connectivity index (χ1) is 15.5. The number of amides is 1. The lowest BCUT2D eigenvalue weighted by Gasteiger charge is -2.22. The first-order valence-corrected chi connectivity index (χ1v) is 10.7. The van der Waals surface area contributed by atoms with E-state index in [0.29, 0.717) is 22.8 Å². The molecular weight excluding hydrogens is 422 g/mol. The van der Waals surface area contributed by atoms with Gasteiger partial charge in [0, 0.05) is 10.6 Å². The van der Waals surface area contributed by atoms with Crippen LogP contribution in [0, 0.1) is 0 Å². The Labute approximate surface area is 192 Å². The number of nitrogens with zero attached hydrogens (tertiary/aromatic N) is 1. The standard InChI is InChI=1S/C27H22ClNO3/c28-22-15-16-25-24(17-22)27(32,26(31)29(25)19-21-12-5-2-6-13-21)18-23(30)14-8-7-11-20-9-3-1-4-10-20/h1-17,32H,18-19H2. The lowest BCUT2D eigenvalue weighted by atomic mass is 9.90. The van der Waals surface area contributed by atoms with Crippen LogP contribution in [0.25, 0.3) is 6.08 Å². The van der Waals surface area contributed by atoms with Crippen molar-refractivity contribution in [1.82, 2.24) is 0 Å². The minimum atomic E-state index is -1.96. The van der Waals surface area contributed by atoms with Gasteiger partial charge in [-0.1, -0.05) is 90.5 Å². The SMILES string of the molecule is O=C(C=CC=Cc1ccccc1)CC1(O)C(=O)N(Cc2ccccc2)c2ccc(Cl)cc21. The van der Waals surface area contributed by atoms with Gasteiger partial charge in [-0.15, -0.1) is 0 Å². The first kappa shape index (κ1) is 21.8. The van der Waals surface area contributed by atoms with Gasteiger partial charge < -0.3 is 10.0 Å². The van der Waals surface area contributed by atoms with Crippen molar-refractivity contribution in [1.29, 1.82) is 0 Å². The van der Waals surface area contributed by atoms with Crippen LogP contribution in [0.5, 0.6) is 0 Å². The number of halogens is 1. The molecule has 1 heterocycles. The molecule has 0 spiro atoms. The van der Waals surface area contributed by atoms with Crippen LogP contribution in [0.1, 0.15) is 23.1 Å². The Balaban J connectivity index is 1.55. The molecule has 0 aliphatic carbocycles. The maximum absolute atomic E-state index is 13.3. The van der Waals surface area contributed by atoms with Crippen molar-refractivity contribution < 1.29 is 14.7 Å². The maximum atomic E-state index is 13.3. The Morgan fingerprint density at radius 2 is 1.66 bits per heavy atom. The van der Waals surface area contributed by atoms with Crippen molar-refractivity contribution in [3.05, 3.63) is 119 Å². The molecule has 32 heavy (non-hydrogen) atoms. The van der Waals surface area contributed by atoms with Crippen LogP contribution in [0.15, 0.2) is 97.1 Å². The van der Waals surface area contributed by atoms with E-state index in [9.17, 15) is 14.7 Å². The highest BCUT2D eigenvalue weighted by atomic mass is 35.5. The number of anilines is 1. The van der Waals surface area contributed by atoms with Crippen LogP contribution >= 0.6 is 11.6 Å². The second-order valence-corrected chi connectivity index (χ2v) is 8.11. The largest absolute Gasteiger partial charge is 0.375 e. The molecule has 0 fully saturated rings. The van der Waals surface area contributed by atoms with E-state index in [1.807, 2.05) is 66.7 Å². The second kappa shape index (κ2) is 9.35. The summed E-state index contributed by atoms with van der Waals surface area (Å²) in [4.78, 5) is 27.4. The van der Waals surface area contributed by atoms with Gasteiger partial charge in [0.15, 0.2) is 11.4 Å². The van der Waals surface area contributed by atoms with Gasteiger partial charge in [-0.05, 0) is 35.4 Å². The molecule has 1 aliphatic rings. The van der Waals surface area contributed by atoms with Gasteiger partial charge >= 0.3 is 0 Å². The summed E-state index contributed by atoms with van der Waals surface area (Å²) >= 11 is 6.15. The Kier molecular flexibility index (Phi) is 6.35. The summed E-state index contributed by atoms with van der Waals surface area (Å²) in [5.41, 5.74) is 0.885. The number of carbonyl (C=O) groups is 2. The Morgan fingerprint density at radius 1 is 0.969 bits per heavy atom. The second-order valence-electron chi connectivity index (χ2n) is 7.67. The van der Waals surface area contributed by atoms with Crippen molar-refractivity contribution in [2.24, 2.45) is 0 Å². The molecule has 4 nitrogen and oxygen atoms in total. The van der Waals surface area contributed by atoms with E-state index in [4.69, 9.17) is 11.6 Å². The fraction of sp³-hybridized carbons (Fsp3) is 0.111. The molecule has 1 aliphatic heterocycles. The average Bonchev–Trinajstić information content (AvgIpc) is 2.99. The van der Waals surface area contributed by atoms with Crippen molar-refractivity contribution in [3.63, 3.8) is 0 Å². The smallest absolute Gasteiger partial charge is 0.264 e. The number of benzene rings is 3. The third-order valence-electron chi connectivity index (χ3n) is 5.39. The molecule has 0 saturated carbocycles. The normalized spacial score (nSPS) is 17.9. The number of ketones is 1. The van der Waals surface area contributed by atoms with Crippen LogP contribution in [-0.4, -0.2) is 16.8 Å². The third-order valence-corrected chi connectivity index (χ3v) is 5.62. The molecule has 1 amide bonds. The van der Waals surface area contributed by atoms with E-state index in [0.717, 1.165) is 11.1 Å². The van der Waals surface area contributed by atoms with E-state index in [1.54, 1.807) is 30.4 Å². The summed E-state index contributed by atoms with van der Waals surface area (Å²) < 4.78 is 0. The molecule has 1 unspecified atom stereocenters. The van der Waals surface area contributed by atoms with E-state index in [1.165, 1.54) is 11.0 Å². The molecule has 160 valence electrons. The minimum absolute atomic E-state index is 0.292. The predicted octanol–water partition coefficient (Wildman–Crippen LogP) is 5.30. The number of hydrogen-bond acceptors (Lipinski definition) is 3. The summed E-state index contributed by atoms with van der Waals surface area (Å²) in [6.45, 7) is 0.292. The van der Waals surface area contributed by atoms with Crippen LogP contribution in [0.3, 0.4) is 0 Å². The Bertz CT molecular complexity index is 1190. The number of rotatable bonds is 7. The summed E-state index contributed by atoms with van der Waals surface area (Å²) in [6.07, 6.45) is 6.24. The maximum Gasteiger partial charge on any atom is 0.264 e. The highest BCUT2D eigenvalue weighted by Crippen LogP contribution is 2.44. The van der Waals surface area contributed by atoms with Crippen LogP contribution in [-0.2, 0) is 21.7 Å². The van der Waals surface area contributed by atoms with E-state index >= 15 is 0 Å². The molecule has 4 rings (SSSR count). The number of allylic oxidation sites excluding steroid dienone is 3. The van der Waals surface area contributed by atoms with E-state index in [2.05, 4.69) is 0 Å². The van der Waals surface area contributed by atoms with Gasteiger partial charge in [-0.2, -0.15) is 0 Å². The number of hydrogen-bond donors (Lipinski definition) is 1. The molecule has 0 aromatic heterocycles. The van der Waals surface area contributed by atoms with Crippen molar-refractivity contribution in [2.45, 2.75) is 18.6 Å². The first-order valence-electron chi connectivity index (χ1n) is 10.3. The van der Waals surface area contributed by atoms with Crippen molar-refractivity contribution >= 4 is 35.1 Å². The number of fused-ring (bicyclic) bond motifs is 1. The van der Waals surface area contributed by atoms with E-state index < -0.39 is 11.5 Å². The van der Waals surface area contributed by atoms with Gasteiger partial charge in [0.2, 0.25) is 0 Å². The molecular formula is C27H22ClNO3. The zero-order valence-electron chi connectivity index (χ0n) is 17.3. The topological polar surface area (TPSA) is 57.6 Å². The monoisotopic (exact) mass is 443 g/mol.